The average Bonchev–Trinajstić information content (AvgIpc) is 3.48. The minimum atomic E-state index is -1.01. The Morgan fingerprint density at radius 2 is 1.95 bits per heavy atom. The van der Waals surface area contributed by atoms with Gasteiger partial charge in [-0.15, -0.1) is 0 Å². The third kappa shape index (κ3) is 4.78. The number of nitrogens with two attached hydrogens (primary N) is 1. The standard InChI is InChI=1S/C30H28F2N4O2/c1-30(2,38)17-36-10-8-19-13-24(25(31)14-26(19)36)27-23(7-6-21(15-33)28(27)32)18-4-3-5-20(12-18)29(37)35-11-9-22(34)16-35/h3-8,10,12-14,22,38H,9,11,16-17,34H2,1-2H3/t22-/m0/s1. The molecule has 194 valence electrons. The molecule has 1 aliphatic rings. The van der Waals surface area contributed by atoms with Gasteiger partial charge in [-0.2, -0.15) is 5.26 Å². The molecule has 1 aromatic heterocycles. The molecule has 3 N–H and O–H groups in total. The molecule has 0 spiro atoms. The Hall–Kier alpha value is -4.06. The molecule has 1 saturated heterocycles. The van der Waals surface area contributed by atoms with Crippen LogP contribution in [0.3, 0.4) is 0 Å². The molecule has 2 heterocycles. The fourth-order valence-corrected chi connectivity index (χ4v) is 5.10. The van der Waals surface area contributed by atoms with E-state index in [2.05, 4.69) is 0 Å². The SMILES string of the molecule is CC(C)(O)Cn1ccc2cc(-c3c(-c4cccc(C(=O)N5CC[C@H](N)C5)c4)ccc(C#N)c3F)c(F)cc21. The zero-order chi connectivity index (χ0) is 27.2. The summed E-state index contributed by atoms with van der Waals surface area (Å²) in [5, 5.41) is 20.4. The predicted molar refractivity (Wildman–Crippen MR) is 142 cm³/mol. The number of halogens is 2. The van der Waals surface area contributed by atoms with Crippen LogP contribution < -0.4 is 5.73 Å². The highest BCUT2D eigenvalue weighted by molar-refractivity contribution is 5.97. The molecule has 1 atom stereocenters. The maximum atomic E-state index is 15.7. The van der Waals surface area contributed by atoms with Crippen LogP contribution in [-0.4, -0.2) is 45.2 Å². The van der Waals surface area contributed by atoms with Gasteiger partial charge < -0.3 is 20.3 Å². The molecule has 38 heavy (non-hydrogen) atoms. The number of fused-ring (bicyclic) bond motifs is 1. The van der Waals surface area contributed by atoms with Crippen LogP contribution in [0.15, 0.2) is 60.8 Å². The number of carbonyl (C=O) groups is 1. The zero-order valence-corrected chi connectivity index (χ0v) is 21.2. The second kappa shape index (κ2) is 9.67. The number of nitriles is 1. The summed E-state index contributed by atoms with van der Waals surface area (Å²) in [5.41, 5.74) is 6.57. The van der Waals surface area contributed by atoms with Gasteiger partial charge in [0.25, 0.3) is 5.91 Å². The van der Waals surface area contributed by atoms with E-state index in [0.717, 1.165) is 6.42 Å². The van der Waals surface area contributed by atoms with Gasteiger partial charge in [-0.25, -0.2) is 8.78 Å². The molecule has 0 unspecified atom stereocenters. The molecule has 1 amide bonds. The van der Waals surface area contributed by atoms with Gasteiger partial charge in [0.15, 0.2) is 0 Å². The Labute approximate surface area is 219 Å². The molecule has 0 saturated carbocycles. The number of aromatic nitrogens is 1. The minimum absolute atomic E-state index is 0.00496. The van der Waals surface area contributed by atoms with Gasteiger partial charge in [-0.05, 0) is 67.8 Å². The van der Waals surface area contributed by atoms with Gasteiger partial charge in [-0.1, -0.05) is 18.2 Å². The number of amides is 1. The molecule has 1 aliphatic heterocycles. The summed E-state index contributed by atoms with van der Waals surface area (Å²) in [6, 6.07) is 16.1. The lowest BCUT2D eigenvalue weighted by Crippen LogP contribution is -2.31. The van der Waals surface area contributed by atoms with Gasteiger partial charge in [-0.3, -0.25) is 4.79 Å². The molecule has 1 fully saturated rings. The van der Waals surface area contributed by atoms with E-state index in [1.807, 2.05) is 6.07 Å². The van der Waals surface area contributed by atoms with Crippen LogP contribution in [0.4, 0.5) is 8.78 Å². The first kappa shape index (κ1) is 25.6. The van der Waals surface area contributed by atoms with Crippen molar-refractivity contribution in [3.05, 3.63) is 83.6 Å². The maximum Gasteiger partial charge on any atom is 0.253 e. The number of rotatable bonds is 5. The molecule has 4 aromatic rings. The highest BCUT2D eigenvalue weighted by atomic mass is 19.1. The van der Waals surface area contributed by atoms with Crippen molar-refractivity contribution in [2.75, 3.05) is 13.1 Å². The monoisotopic (exact) mass is 514 g/mol. The van der Waals surface area contributed by atoms with Crippen molar-refractivity contribution in [1.82, 2.24) is 9.47 Å². The number of aliphatic hydroxyl groups is 1. The summed E-state index contributed by atoms with van der Waals surface area (Å²) in [5.74, 6) is -1.67. The highest BCUT2D eigenvalue weighted by Gasteiger charge is 2.26. The van der Waals surface area contributed by atoms with Gasteiger partial charge >= 0.3 is 0 Å². The first-order chi connectivity index (χ1) is 18.1. The van der Waals surface area contributed by atoms with Crippen LogP contribution in [-0.2, 0) is 6.54 Å². The molecule has 3 aromatic carbocycles. The number of benzene rings is 3. The number of likely N-dealkylation sites (tertiary alicyclic amines) is 1. The van der Waals surface area contributed by atoms with E-state index in [1.165, 1.54) is 12.1 Å². The molecular formula is C30H28F2N4O2. The highest BCUT2D eigenvalue weighted by Crippen LogP contribution is 2.39. The summed E-state index contributed by atoms with van der Waals surface area (Å²) in [7, 11) is 0. The maximum absolute atomic E-state index is 15.7. The van der Waals surface area contributed by atoms with Crippen molar-refractivity contribution in [3.63, 3.8) is 0 Å². The topological polar surface area (TPSA) is 95.3 Å². The number of hydrogen-bond acceptors (Lipinski definition) is 4. The summed E-state index contributed by atoms with van der Waals surface area (Å²) >= 11 is 0. The quantitative estimate of drug-likeness (QED) is 0.389. The second-order valence-electron chi connectivity index (χ2n) is 10.5. The summed E-state index contributed by atoms with van der Waals surface area (Å²) in [6.07, 6.45) is 2.48. The van der Waals surface area contributed by atoms with Crippen molar-refractivity contribution in [2.24, 2.45) is 5.73 Å². The van der Waals surface area contributed by atoms with E-state index >= 15 is 8.78 Å². The number of nitrogens with zero attached hydrogens (tertiary/aromatic N) is 3. The van der Waals surface area contributed by atoms with Crippen LogP contribution in [0.2, 0.25) is 0 Å². The Balaban J connectivity index is 1.64. The van der Waals surface area contributed by atoms with Crippen LogP contribution >= 0.6 is 0 Å². The van der Waals surface area contributed by atoms with E-state index in [0.29, 0.717) is 40.7 Å². The lowest BCUT2D eigenvalue weighted by atomic mass is 9.90. The molecule has 5 rings (SSSR count). The third-order valence-electron chi connectivity index (χ3n) is 6.88. The van der Waals surface area contributed by atoms with Gasteiger partial charge in [0.2, 0.25) is 0 Å². The van der Waals surface area contributed by atoms with Crippen LogP contribution in [0.25, 0.3) is 33.2 Å². The first-order valence-electron chi connectivity index (χ1n) is 12.4. The number of carbonyl (C=O) groups excluding carboxylic acids is 1. The molecule has 0 radical (unpaired) electrons. The molecular weight excluding hydrogens is 486 g/mol. The third-order valence-corrected chi connectivity index (χ3v) is 6.88. The Morgan fingerprint density at radius 3 is 2.63 bits per heavy atom. The fraction of sp³-hybridized carbons (Fsp3) is 0.267. The van der Waals surface area contributed by atoms with Crippen molar-refractivity contribution in [2.45, 2.75) is 38.5 Å². The largest absolute Gasteiger partial charge is 0.389 e. The van der Waals surface area contributed by atoms with E-state index in [-0.39, 0.29) is 35.2 Å². The predicted octanol–water partition coefficient (Wildman–Crippen LogP) is 5.07. The molecule has 0 bridgehead atoms. The van der Waals surface area contributed by atoms with E-state index < -0.39 is 17.2 Å². The fourth-order valence-electron chi connectivity index (χ4n) is 5.10. The summed E-state index contributed by atoms with van der Waals surface area (Å²) < 4.78 is 33.1. The first-order valence-corrected chi connectivity index (χ1v) is 12.4. The average molecular weight is 515 g/mol. The Bertz CT molecular complexity index is 1600. The molecule has 8 heteroatoms. The molecule has 0 aliphatic carbocycles. The zero-order valence-electron chi connectivity index (χ0n) is 21.2. The Kier molecular flexibility index (Phi) is 6.51. The molecule has 6 nitrogen and oxygen atoms in total. The van der Waals surface area contributed by atoms with Gasteiger partial charge in [0, 0.05) is 47.4 Å². The van der Waals surface area contributed by atoms with Gasteiger partial charge in [0.1, 0.15) is 17.7 Å². The van der Waals surface area contributed by atoms with E-state index in [9.17, 15) is 15.2 Å². The van der Waals surface area contributed by atoms with E-state index in [1.54, 1.807) is 72.0 Å². The summed E-state index contributed by atoms with van der Waals surface area (Å²) in [4.78, 5) is 14.8. The lowest BCUT2D eigenvalue weighted by molar-refractivity contribution is 0.0628. The lowest BCUT2D eigenvalue weighted by Gasteiger charge is -2.19. The number of hydrogen-bond donors (Lipinski definition) is 2. The Morgan fingerprint density at radius 1 is 1.16 bits per heavy atom. The van der Waals surface area contributed by atoms with Crippen LogP contribution in [0.1, 0.15) is 36.2 Å². The summed E-state index contributed by atoms with van der Waals surface area (Å²) in [6.45, 7) is 4.62. The van der Waals surface area contributed by atoms with Crippen molar-refractivity contribution in [3.8, 4) is 28.3 Å². The van der Waals surface area contributed by atoms with Crippen LogP contribution in [0, 0.1) is 23.0 Å². The second-order valence-corrected chi connectivity index (χ2v) is 10.5. The van der Waals surface area contributed by atoms with Crippen LogP contribution in [0.5, 0.6) is 0 Å². The smallest absolute Gasteiger partial charge is 0.253 e. The minimum Gasteiger partial charge on any atom is -0.389 e. The normalized spacial score (nSPS) is 15.7. The van der Waals surface area contributed by atoms with Gasteiger partial charge in [0.05, 0.1) is 23.2 Å². The van der Waals surface area contributed by atoms with Crippen molar-refractivity contribution < 1.29 is 18.7 Å². The van der Waals surface area contributed by atoms with E-state index in [4.69, 9.17) is 5.73 Å². The van der Waals surface area contributed by atoms with Crippen molar-refractivity contribution >= 4 is 16.8 Å². The van der Waals surface area contributed by atoms with Crippen molar-refractivity contribution in [1.29, 1.82) is 5.26 Å².